The highest BCUT2D eigenvalue weighted by molar-refractivity contribution is 6.19. The molecular formula is C16H24N2O3. The van der Waals surface area contributed by atoms with Crippen LogP contribution in [0.4, 0.5) is 4.79 Å². The molecule has 0 aromatic heterocycles. The average molecular weight is 292 g/mol. The van der Waals surface area contributed by atoms with Gasteiger partial charge in [0.2, 0.25) is 11.8 Å². The standard InChI is InChI=1S/C16H24N2O3/c1-2-15(9-10-15)11-18-13(20)16(12(19)17-14(18)21)7-5-3-4-6-8-16/h2-11H2,1H3,(H,17,19,21). The Balaban J connectivity index is 1.85. The summed E-state index contributed by atoms with van der Waals surface area (Å²) in [6.45, 7) is 2.58. The SMILES string of the molecule is CCC1(CN2C(=O)NC(=O)C3(CCCCCC3)C2=O)CC1. The smallest absolute Gasteiger partial charge is 0.277 e. The summed E-state index contributed by atoms with van der Waals surface area (Å²) in [5.41, 5.74) is -0.868. The Morgan fingerprint density at radius 1 is 1.00 bits per heavy atom. The van der Waals surface area contributed by atoms with E-state index in [1.165, 1.54) is 4.90 Å². The van der Waals surface area contributed by atoms with E-state index in [0.29, 0.717) is 19.4 Å². The van der Waals surface area contributed by atoms with Gasteiger partial charge in [0.1, 0.15) is 5.41 Å². The van der Waals surface area contributed by atoms with E-state index in [0.717, 1.165) is 44.9 Å². The molecule has 3 aliphatic rings. The molecule has 0 unspecified atom stereocenters. The van der Waals surface area contributed by atoms with Crippen LogP contribution in [-0.2, 0) is 9.59 Å². The first kappa shape index (κ1) is 14.5. The van der Waals surface area contributed by atoms with Gasteiger partial charge in [-0.3, -0.25) is 19.8 Å². The Bertz CT molecular complexity index is 474. The number of hydrogen-bond acceptors (Lipinski definition) is 3. The minimum Gasteiger partial charge on any atom is -0.277 e. The first-order chi connectivity index (χ1) is 10.0. The summed E-state index contributed by atoms with van der Waals surface area (Å²) in [5, 5.41) is 2.45. The Morgan fingerprint density at radius 3 is 2.14 bits per heavy atom. The van der Waals surface area contributed by atoms with Crippen molar-refractivity contribution in [1.82, 2.24) is 10.2 Å². The molecule has 1 heterocycles. The summed E-state index contributed by atoms with van der Waals surface area (Å²) in [6.07, 6.45) is 8.19. The van der Waals surface area contributed by atoms with E-state index in [4.69, 9.17) is 0 Å². The van der Waals surface area contributed by atoms with Gasteiger partial charge in [0.25, 0.3) is 0 Å². The number of nitrogens with zero attached hydrogens (tertiary/aromatic N) is 1. The number of hydrogen-bond donors (Lipinski definition) is 1. The second kappa shape index (κ2) is 5.11. The van der Waals surface area contributed by atoms with Crippen LogP contribution >= 0.6 is 0 Å². The van der Waals surface area contributed by atoms with Gasteiger partial charge in [-0.2, -0.15) is 0 Å². The van der Waals surface area contributed by atoms with Crippen molar-refractivity contribution in [2.75, 3.05) is 6.54 Å². The van der Waals surface area contributed by atoms with Crippen LogP contribution in [-0.4, -0.2) is 29.3 Å². The Morgan fingerprint density at radius 2 is 1.62 bits per heavy atom. The number of barbiturate groups is 1. The Hall–Kier alpha value is -1.39. The second-order valence-electron chi connectivity index (χ2n) is 7.00. The number of amides is 4. The van der Waals surface area contributed by atoms with Crippen molar-refractivity contribution in [1.29, 1.82) is 0 Å². The van der Waals surface area contributed by atoms with Crippen LogP contribution in [0.3, 0.4) is 0 Å². The van der Waals surface area contributed by atoms with Crippen LogP contribution in [0.2, 0.25) is 0 Å². The molecule has 2 aliphatic carbocycles. The van der Waals surface area contributed by atoms with Gasteiger partial charge in [-0.15, -0.1) is 0 Å². The lowest BCUT2D eigenvalue weighted by Crippen LogP contribution is -2.64. The lowest BCUT2D eigenvalue weighted by atomic mass is 9.76. The molecule has 3 rings (SSSR count). The first-order valence-electron chi connectivity index (χ1n) is 8.20. The van der Waals surface area contributed by atoms with Crippen molar-refractivity contribution < 1.29 is 14.4 Å². The first-order valence-corrected chi connectivity index (χ1v) is 8.20. The fraction of sp³-hybridized carbons (Fsp3) is 0.812. The van der Waals surface area contributed by atoms with E-state index in [2.05, 4.69) is 12.2 Å². The van der Waals surface area contributed by atoms with Gasteiger partial charge >= 0.3 is 6.03 Å². The molecule has 5 nitrogen and oxygen atoms in total. The summed E-state index contributed by atoms with van der Waals surface area (Å²) in [6, 6.07) is -0.514. The molecule has 21 heavy (non-hydrogen) atoms. The summed E-state index contributed by atoms with van der Waals surface area (Å²) in [5.74, 6) is -0.602. The molecular weight excluding hydrogens is 268 g/mol. The monoisotopic (exact) mass is 292 g/mol. The van der Waals surface area contributed by atoms with Gasteiger partial charge in [0.05, 0.1) is 0 Å². The summed E-state index contributed by atoms with van der Waals surface area (Å²) < 4.78 is 0. The van der Waals surface area contributed by atoms with Gasteiger partial charge in [0, 0.05) is 6.54 Å². The van der Waals surface area contributed by atoms with E-state index < -0.39 is 11.4 Å². The predicted octanol–water partition coefficient (Wildman–Crippen LogP) is 2.60. The Labute approximate surface area is 125 Å². The van der Waals surface area contributed by atoms with Crippen LogP contribution < -0.4 is 5.32 Å². The zero-order valence-electron chi connectivity index (χ0n) is 12.7. The molecule has 0 aromatic carbocycles. The maximum absolute atomic E-state index is 12.9. The molecule has 5 heteroatoms. The topological polar surface area (TPSA) is 66.5 Å². The zero-order chi connectivity index (χ0) is 15.1. The number of carbonyl (C=O) groups is 3. The molecule has 3 fully saturated rings. The fourth-order valence-electron chi connectivity index (χ4n) is 3.78. The summed E-state index contributed by atoms with van der Waals surface area (Å²) in [4.78, 5) is 38.8. The molecule has 0 aromatic rings. The second-order valence-corrected chi connectivity index (χ2v) is 7.00. The highest BCUT2D eigenvalue weighted by atomic mass is 16.2. The van der Waals surface area contributed by atoms with Crippen molar-refractivity contribution in [2.45, 2.75) is 64.7 Å². The molecule has 1 saturated heterocycles. The number of imide groups is 2. The fourth-order valence-corrected chi connectivity index (χ4v) is 3.78. The number of nitrogens with one attached hydrogen (secondary N) is 1. The third-order valence-corrected chi connectivity index (χ3v) is 5.71. The maximum Gasteiger partial charge on any atom is 0.330 e. The maximum atomic E-state index is 12.9. The quantitative estimate of drug-likeness (QED) is 0.813. The minimum absolute atomic E-state index is 0.110. The third kappa shape index (κ3) is 2.36. The van der Waals surface area contributed by atoms with E-state index in [1.807, 2.05) is 0 Å². The molecule has 0 radical (unpaired) electrons. The number of carbonyl (C=O) groups excluding carboxylic acids is 3. The molecule has 1 spiro atoms. The van der Waals surface area contributed by atoms with E-state index in [1.54, 1.807) is 0 Å². The van der Waals surface area contributed by atoms with Gasteiger partial charge in [-0.25, -0.2) is 4.79 Å². The van der Waals surface area contributed by atoms with Crippen molar-refractivity contribution in [3.05, 3.63) is 0 Å². The van der Waals surface area contributed by atoms with E-state index >= 15 is 0 Å². The van der Waals surface area contributed by atoms with Crippen LogP contribution in [0.1, 0.15) is 64.7 Å². The van der Waals surface area contributed by atoms with Crippen LogP contribution in [0, 0.1) is 10.8 Å². The number of rotatable bonds is 3. The average Bonchev–Trinajstić information content (AvgIpc) is 3.27. The summed E-state index contributed by atoms with van der Waals surface area (Å²) in [7, 11) is 0. The predicted molar refractivity (Wildman–Crippen MR) is 77.3 cm³/mol. The molecule has 116 valence electrons. The molecule has 2 saturated carbocycles. The summed E-state index contributed by atoms with van der Waals surface area (Å²) >= 11 is 0. The zero-order valence-corrected chi connectivity index (χ0v) is 12.7. The minimum atomic E-state index is -0.978. The third-order valence-electron chi connectivity index (χ3n) is 5.71. The van der Waals surface area contributed by atoms with Crippen LogP contribution in [0.5, 0.6) is 0 Å². The van der Waals surface area contributed by atoms with Gasteiger partial charge in [-0.05, 0) is 37.5 Å². The molecule has 4 amide bonds. The van der Waals surface area contributed by atoms with Crippen LogP contribution in [0.25, 0.3) is 0 Å². The number of urea groups is 1. The lowest BCUT2D eigenvalue weighted by Gasteiger charge is -2.40. The van der Waals surface area contributed by atoms with Crippen molar-refractivity contribution in [3.8, 4) is 0 Å². The van der Waals surface area contributed by atoms with Crippen molar-refractivity contribution in [3.63, 3.8) is 0 Å². The normalized spacial score (nSPS) is 27.5. The highest BCUT2D eigenvalue weighted by Crippen LogP contribution is 2.50. The molecule has 0 atom stereocenters. The van der Waals surface area contributed by atoms with Crippen molar-refractivity contribution >= 4 is 17.8 Å². The lowest BCUT2D eigenvalue weighted by molar-refractivity contribution is -0.153. The molecule has 0 bridgehead atoms. The Kier molecular flexibility index (Phi) is 3.54. The largest absolute Gasteiger partial charge is 0.330 e. The molecule has 1 N–H and O–H groups in total. The van der Waals surface area contributed by atoms with E-state index in [9.17, 15) is 14.4 Å². The van der Waals surface area contributed by atoms with E-state index in [-0.39, 0.29) is 17.2 Å². The van der Waals surface area contributed by atoms with Gasteiger partial charge in [0.15, 0.2) is 0 Å². The molecule has 1 aliphatic heterocycles. The van der Waals surface area contributed by atoms with Crippen LogP contribution in [0.15, 0.2) is 0 Å². The van der Waals surface area contributed by atoms with Gasteiger partial charge in [-0.1, -0.05) is 32.6 Å². The highest BCUT2D eigenvalue weighted by Gasteiger charge is 2.55. The van der Waals surface area contributed by atoms with Gasteiger partial charge < -0.3 is 0 Å². The van der Waals surface area contributed by atoms with Crippen molar-refractivity contribution in [2.24, 2.45) is 10.8 Å².